The first-order valence-corrected chi connectivity index (χ1v) is 10.5. The number of hydrogen-bond donors (Lipinski definition) is 0. The van der Waals surface area contributed by atoms with Crippen molar-refractivity contribution in [2.24, 2.45) is 5.92 Å². The van der Waals surface area contributed by atoms with Gasteiger partial charge in [0.05, 0.1) is 12.9 Å². The van der Waals surface area contributed by atoms with Gasteiger partial charge in [0.1, 0.15) is 5.75 Å². The summed E-state index contributed by atoms with van der Waals surface area (Å²) in [6.45, 7) is 7.20. The quantitative estimate of drug-likeness (QED) is 0.649. The second-order valence-electron chi connectivity index (χ2n) is 6.43. The van der Waals surface area contributed by atoms with Crippen molar-refractivity contribution in [2.75, 3.05) is 32.5 Å². The van der Waals surface area contributed by atoms with Crippen LogP contribution in [0.1, 0.15) is 25.3 Å². The van der Waals surface area contributed by atoms with Gasteiger partial charge in [0.2, 0.25) is 15.9 Å². The summed E-state index contributed by atoms with van der Waals surface area (Å²) in [5.74, 6) is 0.802. The molecule has 1 heterocycles. The molecule has 1 fully saturated rings. The van der Waals surface area contributed by atoms with E-state index in [0.29, 0.717) is 39.0 Å². The molecule has 0 unspecified atom stereocenters. The van der Waals surface area contributed by atoms with E-state index >= 15 is 0 Å². The first kappa shape index (κ1) is 20.5. The number of carbonyl (C=O) groups excluding carboxylic acids is 1. The van der Waals surface area contributed by atoms with E-state index in [4.69, 9.17) is 4.74 Å². The van der Waals surface area contributed by atoms with E-state index in [1.807, 2.05) is 24.3 Å². The SMILES string of the molecule is C=CCN(Cc1ccc(OC)cc1)C(=O)C1CCN(S(=O)(=O)CC)CC1. The van der Waals surface area contributed by atoms with Crippen molar-refractivity contribution < 1.29 is 17.9 Å². The van der Waals surface area contributed by atoms with Gasteiger partial charge in [-0.05, 0) is 37.5 Å². The highest BCUT2D eigenvalue weighted by molar-refractivity contribution is 7.89. The minimum absolute atomic E-state index is 0.0641. The van der Waals surface area contributed by atoms with E-state index < -0.39 is 10.0 Å². The Morgan fingerprint density at radius 2 is 1.92 bits per heavy atom. The van der Waals surface area contributed by atoms with Crippen LogP contribution in [0, 0.1) is 5.92 Å². The zero-order valence-electron chi connectivity index (χ0n) is 15.6. The summed E-state index contributed by atoms with van der Waals surface area (Å²) in [5.41, 5.74) is 1.02. The molecular weight excluding hydrogens is 352 g/mol. The van der Waals surface area contributed by atoms with Gasteiger partial charge in [-0.25, -0.2) is 12.7 Å². The van der Waals surface area contributed by atoms with Gasteiger partial charge in [-0.15, -0.1) is 6.58 Å². The maximum absolute atomic E-state index is 12.9. The number of benzene rings is 1. The lowest BCUT2D eigenvalue weighted by molar-refractivity contribution is -0.136. The fraction of sp³-hybridized carbons (Fsp3) is 0.526. The Kier molecular flexibility index (Phi) is 7.23. The smallest absolute Gasteiger partial charge is 0.226 e. The van der Waals surface area contributed by atoms with Crippen molar-refractivity contribution in [3.63, 3.8) is 0 Å². The maximum atomic E-state index is 12.9. The number of methoxy groups -OCH3 is 1. The molecule has 7 heteroatoms. The maximum Gasteiger partial charge on any atom is 0.226 e. The molecule has 144 valence electrons. The monoisotopic (exact) mass is 380 g/mol. The third-order valence-corrected chi connectivity index (χ3v) is 6.64. The molecule has 0 saturated carbocycles. The lowest BCUT2D eigenvalue weighted by atomic mass is 9.96. The minimum atomic E-state index is -3.18. The molecule has 0 N–H and O–H groups in total. The highest BCUT2D eigenvalue weighted by Crippen LogP contribution is 2.23. The third-order valence-electron chi connectivity index (χ3n) is 4.76. The average molecular weight is 381 g/mol. The van der Waals surface area contributed by atoms with Crippen LogP contribution in [-0.4, -0.2) is 56.0 Å². The van der Waals surface area contributed by atoms with E-state index in [1.165, 1.54) is 4.31 Å². The van der Waals surface area contributed by atoms with Crippen molar-refractivity contribution in [1.82, 2.24) is 9.21 Å². The molecule has 1 aromatic rings. The van der Waals surface area contributed by atoms with Crippen LogP contribution in [0.5, 0.6) is 5.75 Å². The Morgan fingerprint density at radius 3 is 2.42 bits per heavy atom. The second kappa shape index (κ2) is 9.19. The predicted molar refractivity (Wildman–Crippen MR) is 102 cm³/mol. The third kappa shape index (κ3) is 5.08. The highest BCUT2D eigenvalue weighted by Gasteiger charge is 2.32. The van der Waals surface area contributed by atoms with Gasteiger partial charge in [0.15, 0.2) is 0 Å². The number of carbonyl (C=O) groups is 1. The number of rotatable bonds is 8. The molecule has 0 atom stereocenters. The minimum Gasteiger partial charge on any atom is -0.497 e. The highest BCUT2D eigenvalue weighted by atomic mass is 32.2. The fourth-order valence-electron chi connectivity index (χ4n) is 3.16. The van der Waals surface area contributed by atoms with Gasteiger partial charge in [-0.2, -0.15) is 0 Å². The zero-order valence-corrected chi connectivity index (χ0v) is 16.4. The molecule has 0 spiro atoms. The second-order valence-corrected chi connectivity index (χ2v) is 8.69. The van der Waals surface area contributed by atoms with Gasteiger partial charge in [-0.1, -0.05) is 18.2 Å². The van der Waals surface area contributed by atoms with Gasteiger partial charge in [0, 0.05) is 32.1 Å². The van der Waals surface area contributed by atoms with E-state index in [0.717, 1.165) is 11.3 Å². The molecular formula is C19H28N2O4S. The van der Waals surface area contributed by atoms with E-state index in [1.54, 1.807) is 25.0 Å². The lowest BCUT2D eigenvalue weighted by Gasteiger charge is -2.33. The standard InChI is InChI=1S/C19H28N2O4S/c1-4-12-20(15-16-6-8-18(25-3)9-7-16)19(22)17-10-13-21(14-11-17)26(23,24)5-2/h4,6-9,17H,1,5,10-15H2,2-3H3. The van der Waals surface area contributed by atoms with Gasteiger partial charge >= 0.3 is 0 Å². The molecule has 1 aromatic carbocycles. The molecule has 1 amide bonds. The molecule has 0 aromatic heterocycles. The lowest BCUT2D eigenvalue weighted by Crippen LogP contribution is -2.44. The van der Waals surface area contributed by atoms with Crippen molar-refractivity contribution in [3.8, 4) is 5.75 Å². The molecule has 0 radical (unpaired) electrons. The summed E-state index contributed by atoms with van der Waals surface area (Å²) in [5, 5.41) is 0. The first-order valence-electron chi connectivity index (χ1n) is 8.91. The van der Waals surface area contributed by atoms with Crippen molar-refractivity contribution in [2.45, 2.75) is 26.3 Å². The van der Waals surface area contributed by atoms with Crippen LogP contribution in [0.25, 0.3) is 0 Å². The number of sulfonamides is 1. The molecule has 1 aliphatic heterocycles. The molecule has 2 rings (SSSR count). The summed E-state index contributed by atoms with van der Waals surface area (Å²) in [7, 11) is -1.56. The van der Waals surface area contributed by atoms with Crippen LogP contribution in [0.3, 0.4) is 0 Å². The van der Waals surface area contributed by atoms with Crippen LogP contribution in [0.4, 0.5) is 0 Å². The van der Waals surface area contributed by atoms with Gasteiger partial charge < -0.3 is 9.64 Å². The molecule has 0 bridgehead atoms. The molecule has 1 saturated heterocycles. The fourth-order valence-corrected chi connectivity index (χ4v) is 4.29. The van der Waals surface area contributed by atoms with Crippen LogP contribution in [-0.2, 0) is 21.4 Å². The summed E-state index contributed by atoms with van der Waals surface area (Å²) in [6, 6.07) is 7.64. The van der Waals surface area contributed by atoms with E-state index in [9.17, 15) is 13.2 Å². The zero-order chi connectivity index (χ0) is 19.2. The Labute approximate surface area is 156 Å². The topological polar surface area (TPSA) is 66.9 Å². The van der Waals surface area contributed by atoms with Crippen LogP contribution in [0.15, 0.2) is 36.9 Å². The van der Waals surface area contributed by atoms with Crippen molar-refractivity contribution in [3.05, 3.63) is 42.5 Å². The number of nitrogens with zero attached hydrogens (tertiary/aromatic N) is 2. The Balaban J connectivity index is 2.00. The number of amides is 1. The summed E-state index contributed by atoms with van der Waals surface area (Å²) in [6.07, 6.45) is 2.85. The normalized spacial score (nSPS) is 16.2. The van der Waals surface area contributed by atoms with Crippen molar-refractivity contribution in [1.29, 1.82) is 0 Å². The van der Waals surface area contributed by atoms with Crippen LogP contribution in [0.2, 0.25) is 0 Å². The Hall–Kier alpha value is -1.86. The number of piperidine rings is 1. The number of ether oxygens (including phenoxy) is 1. The molecule has 1 aliphatic rings. The largest absolute Gasteiger partial charge is 0.497 e. The summed E-state index contributed by atoms with van der Waals surface area (Å²) < 4.78 is 30.6. The van der Waals surface area contributed by atoms with E-state index in [2.05, 4.69) is 6.58 Å². The summed E-state index contributed by atoms with van der Waals surface area (Å²) in [4.78, 5) is 14.7. The average Bonchev–Trinajstić information content (AvgIpc) is 2.67. The predicted octanol–water partition coefficient (Wildman–Crippen LogP) is 2.27. The van der Waals surface area contributed by atoms with Gasteiger partial charge in [-0.3, -0.25) is 4.79 Å². The van der Waals surface area contributed by atoms with Gasteiger partial charge in [0.25, 0.3) is 0 Å². The summed E-state index contributed by atoms with van der Waals surface area (Å²) >= 11 is 0. The van der Waals surface area contributed by atoms with Crippen LogP contribution >= 0.6 is 0 Å². The molecule has 6 nitrogen and oxygen atoms in total. The van der Waals surface area contributed by atoms with Crippen LogP contribution < -0.4 is 4.74 Å². The Bertz CT molecular complexity index is 708. The molecule has 26 heavy (non-hydrogen) atoms. The first-order chi connectivity index (χ1) is 12.4. The molecule has 0 aliphatic carbocycles. The van der Waals surface area contributed by atoms with E-state index in [-0.39, 0.29) is 17.6 Å². The Morgan fingerprint density at radius 1 is 1.31 bits per heavy atom. The van der Waals surface area contributed by atoms with Crippen molar-refractivity contribution >= 4 is 15.9 Å². The number of hydrogen-bond acceptors (Lipinski definition) is 4.